The number of carbonyl (C=O) groups excluding carboxylic acids is 2. The Hall–Kier alpha value is -3.78. The number of nitrogens with zero attached hydrogens (tertiary/aromatic N) is 3. The van der Waals surface area contributed by atoms with Gasteiger partial charge in [-0.15, -0.1) is 0 Å². The van der Waals surface area contributed by atoms with Crippen LogP contribution in [-0.4, -0.2) is 33.2 Å². The van der Waals surface area contributed by atoms with E-state index in [-0.39, 0.29) is 12.2 Å². The fourth-order valence-electron chi connectivity index (χ4n) is 3.18. The number of pyridine rings is 1. The Bertz CT molecular complexity index is 1320. The summed E-state index contributed by atoms with van der Waals surface area (Å²) < 4.78 is 0. The summed E-state index contributed by atoms with van der Waals surface area (Å²) in [4.78, 5) is 36.5. The van der Waals surface area contributed by atoms with Crippen LogP contribution in [0.1, 0.15) is 23.7 Å². The van der Waals surface area contributed by atoms with Gasteiger partial charge in [-0.3, -0.25) is 9.59 Å². The number of fused-ring (bicyclic) bond motifs is 3. The van der Waals surface area contributed by atoms with E-state index in [2.05, 4.69) is 20.6 Å². The van der Waals surface area contributed by atoms with E-state index in [9.17, 15) is 9.59 Å². The van der Waals surface area contributed by atoms with E-state index in [0.717, 1.165) is 16.5 Å². The van der Waals surface area contributed by atoms with Crippen molar-refractivity contribution in [3.05, 3.63) is 59.2 Å². The lowest BCUT2D eigenvalue weighted by Gasteiger charge is -2.13. The number of primary amides is 1. The summed E-state index contributed by atoms with van der Waals surface area (Å²) in [5.74, 6) is 0.388. The molecule has 0 saturated heterocycles. The Morgan fingerprint density at radius 3 is 2.68 bits per heavy atom. The molecule has 8 nitrogen and oxygen atoms in total. The van der Waals surface area contributed by atoms with Gasteiger partial charge < -0.3 is 16.4 Å². The van der Waals surface area contributed by atoms with E-state index in [1.54, 1.807) is 30.5 Å². The number of Topliss-reactive ketones (excluding diaryl/α,β-unsaturated/α-hetero) is 1. The summed E-state index contributed by atoms with van der Waals surface area (Å²) in [5, 5.41) is 8.42. The van der Waals surface area contributed by atoms with Gasteiger partial charge in [0, 0.05) is 46.2 Å². The van der Waals surface area contributed by atoms with Crippen molar-refractivity contribution in [1.29, 1.82) is 0 Å². The van der Waals surface area contributed by atoms with Crippen LogP contribution in [0, 0.1) is 0 Å². The molecule has 0 aliphatic rings. The number of hydrogen-bond donors (Lipinski definition) is 3. The molecule has 0 unspecified atom stereocenters. The van der Waals surface area contributed by atoms with Crippen LogP contribution < -0.4 is 16.4 Å². The van der Waals surface area contributed by atoms with Crippen molar-refractivity contribution in [2.75, 3.05) is 17.2 Å². The second kappa shape index (κ2) is 8.53. The lowest BCUT2D eigenvalue weighted by Crippen LogP contribution is -2.16. The maximum atomic E-state index is 11.8. The maximum absolute atomic E-state index is 11.8. The number of amides is 1. The zero-order valence-electron chi connectivity index (χ0n) is 16.6. The van der Waals surface area contributed by atoms with Crippen molar-refractivity contribution in [1.82, 2.24) is 15.0 Å². The number of aromatic nitrogens is 3. The first-order chi connectivity index (χ1) is 14.9. The summed E-state index contributed by atoms with van der Waals surface area (Å²) in [6.07, 6.45) is 1.86. The maximum Gasteiger partial charge on any atom is 0.223 e. The largest absolute Gasteiger partial charge is 0.370 e. The van der Waals surface area contributed by atoms with Gasteiger partial charge in [0.2, 0.25) is 11.9 Å². The third-order valence-electron chi connectivity index (χ3n) is 4.68. The Balaban J connectivity index is 1.85. The molecule has 2 aromatic heterocycles. The van der Waals surface area contributed by atoms with Crippen molar-refractivity contribution in [3.8, 4) is 0 Å². The molecule has 2 aromatic carbocycles. The van der Waals surface area contributed by atoms with E-state index >= 15 is 0 Å². The Kier molecular flexibility index (Phi) is 5.64. The van der Waals surface area contributed by atoms with Gasteiger partial charge in [0.25, 0.3) is 0 Å². The highest BCUT2D eigenvalue weighted by atomic mass is 35.5. The summed E-state index contributed by atoms with van der Waals surface area (Å²) in [5.41, 5.74) is 7.72. The quantitative estimate of drug-likeness (QED) is 0.296. The minimum atomic E-state index is -0.412. The monoisotopic (exact) mass is 434 g/mol. The summed E-state index contributed by atoms with van der Waals surface area (Å²) >= 11 is 6.12. The van der Waals surface area contributed by atoms with Gasteiger partial charge in [-0.25, -0.2) is 15.0 Å². The van der Waals surface area contributed by atoms with Gasteiger partial charge in [0.1, 0.15) is 5.52 Å². The molecule has 0 radical (unpaired) electrons. The van der Waals surface area contributed by atoms with Crippen molar-refractivity contribution in [2.45, 2.75) is 13.3 Å². The molecule has 0 aliphatic heterocycles. The van der Waals surface area contributed by atoms with Crippen LogP contribution in [0.15, 0.2) is 48.7 Å². The molecule has 156 valence electrons. The molecule has 0 fully saturated rings. The van der Waals surface area contributed by atoms with Crippen molar-refractivity contribution >= 4 is 62.6 Å². The molecule has 0 bridgehead atoms. The van der Waals surface area contributed by atoms with E-state index < -0.39 is 5.91 Å². The molecule has 4 rings (SSSR count). The molecule has 0 atom stereocenters. The van der Waals surface area contributed by atoms with Crippen molar-refractivity contribution < 1.29 is 9.59 Å². The summed E-state index contributed by atoms with van der Waals surface area (Å²) in [6.45, 7) is 1.83. The Morgan fingerprint density at radius 2 is 1.94 bits per heavy atom. The second-order valence-electron chi connectivity index (χ2n) is 6.98. The third-order valence-corrected chi connectivity index (χ3v) is 4.92. The van der Waals surface area contributed by atoms with E-state index in [1.807, 2.05) is 18.2 Å². The number of ketones is 1. The van der Waals surface area contributed by atoms with Gasteiger partial charge in [0.05, 0.1) is 5.52 Å². The molecule has 31 heavy (non-hydrogen) atoms. The number of anilines is 3. The molecule has 1 amide bonds. The number of halogens is 1. The number of carbonyl (C=O) groups is 2. The minimum Gasteiger partial charge on any atom is -0.370 e. The van der Waals surface area contributed by atoms with E-state index in [1.165, 1.54) is 6.92 Å². The Morgan fingerprint density at radius 1 is 1.10 bits per heavy atom. The van der Waals surface area contributed by atoms with E-state index in [0.29, 0.717) is 39.9 Å². The van der Waals surface area contributed by atoms with Crippen LogP contribution in [0.3, 0.4) is 0 Å². The van der Waals surface area contributed by atoms with Gasteiger partial charge in [-0.1, -0.05) is 29.8 Å². The first-order valence-corrected chi connectivity index (χ1v) is 9.95. The molecular weight excluding hydrogens is 416 g/mol. The standard InChI is InChI=1S/C22H19ClN6O2/c1-12(30)13-5-6-16-17-11-26-22(25-8-7-19(24)31)29-20(17)21(28-18(16)9-13)27-15-4-2-3-14(23)10-15/h2-6,9-11H,7-8H2,1H3,(H2,24,31)(H,27,28)(H,25,26,29). The van der Waals surface area contributed by atoms with E-state index in [4.69, 9.17) is 22.3 Å². The van der Waals surface area contributed by atoms with Crippen LogP contribution in [0.25, 0.3) is 21.8 Å². The second-order valence-corrected chi connectivity index (χ2v) is 7.42. The van der Waals surface area contributed by atoms with Gasteiger partial charge >= 0.3 is 0 Å². The van der Waals surface area contributed by atoms with Crippen LogP contribution >= 0.6 is 11.6 Å². The molecular formula is C22H19ClN6O2. The fourth-order valence-corrected chi connectivity index (χ4v) is 3.37. The summed E-state index contributed by atoms with van der Waals surface area (Å²) in [6, 6.07) is 12.6. The zero-order valence-corrected chi connectivity index (χ0v) is 17.4. The predicted molar refractivity (Wildman–Crippen MR) is 122 cm³/mol. The highest BCUT2D eigenvalue weighted by Crippen LogP contribution is 2.31. The normalized spacial score (nSPS) is 10.9. The van der Waals surface area contributed by atoms with Gasteiger partial charge in [0.15, 0.2) is 11.6 Å². The van der Waals surface area contributed by atoms with Crippen molar-refractivity contribution in [3.63, 3.8) is 0 Å². The highest BCUT2D eigenvalue weighted by molar-refractivity contribution is 6.30. The number of nitrogens with one attached hydrogen (secondary N) is 2. The Labute approximate surface area is 182 Å². The van der Waals surface area contributed by atoms with Crippen LogP contribution in [0.2, 0.25) is 5.02 Å². The molecule has 0 spiro atoms. The minimum absolute atomic E-state index is 0.0432. The average Bonchev–Trinajstić information content (AvgIpc) is 2.73. The van der Waals surface area contributed by atoms with Gasteiger partial charge in [-0.05, 0) is 31.2 Å². The first kappa shape index (κ1) is 20.5. The summed E-state index contributed by atoms with van der Waals surface area (Å²) in [7, 11) is 0. The van der Waals surface area contributed by atoms with Crippen molar-refractivity contribution in [2.24, 2.45) is 5.73 Å². The smallest absolute Gasteiger partial charge is 0.223 e. The number of hydrogen-bond acceptors (Lipinski definition) is 7. The molecule has 2 heterocycles. The third kappa shape index (κ3) is 4.54. The highest BCUT2D eigenvalue weighted by Gasteiger charge is 2.14. The molecule has 0 saturated carbocycles. The van der Waals surface area contributed by atoms with Crippen LogP contribution in [-0.2, 0) is 4.79 Å². The molecule has 4 N–H and O–H groups in total. The predicted octanol–water partition coefficient (Wildman–Crippen LogP) is 4.06. The number of rotatable bonds is 7. The van der Waals surface area contributed by atoms with Crippen LogP contribution in [0.5, 0.6) is 0 Å². The topological polar surface area (TPSA) is 123 Å². The van der Waals surface area contributed by atoms with Crippen LogP contribution in [0.4, 0.5) is 17.5 Å². The lowest BCUT2D eigenvalue weighted by atomic mass is 10.1. The number of nitrogens with two attached hydrogens (primary N) is 1. The average molecular weight is 435 g/mol. The molecule has 9 heteroatoms. The first-order valence-electron chi connectivity index (χ1n) is 9.57. The zero-order chi connectivity index (χ0) is 22.0. The SMILES string of the molecule is CC(=O)c1ccc2c(c1)nc(Nc1cccc(Cl)c1)c1nc(NCCC(N)=O)ncc12. The fraction of sp³-hybridized carbons (Fsp3) is 0.136. The van der Waals surface area contributed by atoms with Gasteiger partial charge in [-0.2, -0.15) is 0 Å². The lowest BCUT2D eigenvalue weighted by molar-refractivity contribution is -0.117. The number of benzene rings is 2. The molecule has 0 aliphatic carbocycles. The molecule has 4 aromatic rings.